The maximum atomic E-state index is 9.36. The molecule has 0 amide bonds. The molecule has 1 heterocycles. The van der Waals surface area contributed by atoms with Crippen LogP contribution < -0.4 is 10.5 Å². The standard InChI is InChI=1S/C7H12N2O3/c1-11-7-4-6(12-9-7)5(10)2-3-8/h4-5,10H,2-3,8H2,1H3/t5-/m1/s1. The molecule has 0 saturated carbocycles. The number of hydrogen-bond donors (Lipinski definition) is 2. The molecule has 0 saturated heterocycles. The summed E-state index contributed by atoms with van der Waals surface area (Å²) in [7, 11) is 1.48. The van der Waals surface area contributed by atoms with Gasteiger partial charge in [0.15, 0.2) is 5.76 Å². The number of aliphatic hydroxyl groups is 1. The van der Waals surface area contributed by atoms with E-state index in [0.29, 0.717) is 24.6 Å². The first-order valence-electron chi connectivity index (χ1n) is 3.66. The summed E-state index contributed by atoms with van der Waals surface area (Å²) in [6.45, 7) is 0.407. The van der Waals surface area contributed by atoms with Crippen molar-refractivity contribution in [2.24, 2.45) is 5.73 Å². The normalized spacial score (nSPS) is 12.9. The zero-order valence-corrected chi connectivity index (χ0v) is 6.86. The lowest BCUT2D eigenvalue weighted by Crippen LogP contribution is -2.05. The SMILES string of the molecule is COc1cc([C@H](O)CCN)on1. The van der Waals surface area contributed by atoms with Crippen LogP contribution in [0.2, 0.25) is 0 Å². The van der Waals surface area contributed by atoms with E-state index in [1.54, 1.807) is 6.07 Å². The van der Waals surface area contributed by atoms with E-state index in [9.17, 15) is 5.11 Å². The Bertz CT molecular complexity index is 236. The summed E-state index contributed by atoms with van der Waals surface area (Å²) in [6.07, 6.45) is -0.232. The molecule has 5 nitrogen and oxygen atoms in total. The summed E-state index contributed by atoms with van der Waals surface area (Å²) in [5.41, 5.74) is 5.25. The Morgan fingerprint density at radius 3 is 3.08 bits per heavy atom. The van der Waals surface area contributed by atoms with Gasteiger partial charge < -0.3 is 20.1 Å². The quantitative estimate of drug-likeness (QED) is 0.671. The van der Waals surface area contributed by atoms with Crippen molar-refractivity contribution in [3.8, 4) is 5.88 Å². The van der Waals surface area contributed by atoms with Gasteiger partial charge in [-0.3, -0.25) is 0 Å². The highest BCUT2D eigenvalue weighted by Crippen LogP contribution is 2.19. The molecule has 0 aliphatic carbocycles. The third-order valence-electron chi connectivity index (χ3n) is 1.48. The minimum Gasteiger partial charge on any atom is -0.479 e. The maximum absolute atomic E-state index is 9.36. The lowest BCUT2D eigenvalue weighted by Gasteiger charge is -2.01. The number of ether oxygens (including phenoxy) is 1. The number of nitrogens with zero attached hydrogens (tertiary/aromatic N) is 1. The molecule has 5 heteroatoms. The predicted molar refractivity (Wildman–Crippen MR) is 41.7 cm³/mol. The number of hydrogen-bond acceptors (Lipinski definition) is 5. The van der Waals surface area contributed by atoms with E-state index < -0.39 is 6.10 Å². The fourth-order valence-corrected chi connectivity index (χ4v) is 0.825. The van der Waals surface area contributed by atoms with Gasteiger partial charge in [0.25, 0.3) is 5.88 Å². The molecule has 1 aromatic rings. The van der Waals surface area contributed by atoms with Crippen molar-refractivity contribution in [2.45, 2.75) is 12.5 Å². The van der Waals surface area contributed by atoms with Crippen LogP contribution in [-0.4, -0.2) is 23.9 Å². The van der Waals surface area contributed by atoms with Crippen molar-refractivity contribution < 1.29 is 14.4 Å². The fourth-order valence-electron chi connectivity index (χ4n) is 0.825. The lowest BCUT2D eigenvalue weighted by atomic mass is 10.2. The van der Waals surface area contributed by atoms with Crippen LogP contribution in [0.5, 0.6) is 5.88 Å². The van der Waals surface area contributed by atoms with E-state index in [2.05, 4.69) is 5.16 Å². The van der Waals surface area contributed by atoms with Crippen LogP contribution >= 0.6 is 0 Å². The average molecular weight is 172 g/mol. The topological polar surface area (TPSA) is 81.5 Å². The highest BCUT2D eigenvalue weighted by atomic mass is 16.5. The van der Waals surface area contributed by atoms with Gasteiger partial charge in [0, 0.05) is 6.07 Å². The van der Waals surface area contributed by atoms with Crippen molar-refractivity contribution in [3.05, 3.63) is 11.8 Å². The van der Waals surface area contributed by atoms with E-state index in [1.165, 1.54) is 7.11 Å². The van der Waals surface area contributed by atoms with E-state index in [-0.39, 0.29) is 0 Å². The molecule has 0 radical (unpaired) electrons. The summed E-state index contributed by atoms with van der Waals surface area (Å²) in [4.78, 5) is 0. The molecule has 3 N–H and O–H groups in total. The van der Waals surface area contributed by atoms with Crippen LogP contribution in [0.25, 0.3) is 0 Å². The first-order valence-corrected chi connectivity index (χ1v) is 3.66. The molecule has 0 fully saturated rings. The van der Waals surface area contributed by atoms with Crippen molar-refractivity contribution in [3.63, 3.8) is 0 Å². The Morgan fingerprint density at radius 1 is 1.83 bits per heavy atom. The second-order valence-electron chi connectivity index (χ2n) is 2.36. The van der Waals surface area contributed by atoms with E-state index in [4.69, 9.17) is 15.0 Å². The van der Waals surface area contributed by atoms with Crippen LogP contribution in [0.3, 0.4) is 0 Å². The maximum Gasteiger partial charge on any atom is 0.254 e. The van der Waals surface area contributed by atoms with Gasteiger partial charge in [-0.1, -0.05) is 0 Å². The molecule has 0 aromatic carbocycles. The number of aromatic nitrogens is 1. The summed E-state index contributed by atoms with van der Waals surface area (Å²) in [5.74, 6) is 0.748. The molecule has 0 spiro atoms. The minimum absolute atomic E-state index is 0.362. The van der Waals surface area contributed by atoms with Gasteiger partial charge >= 0.3 is 0 Å². The Morgan fingerprint density at radius 2 is 2.58 bits per heavy atom. The van der Waals surface area contributed by atoms with E-state index in [0.717, 1.165) is 0 Å². The molecule has 68 valence electrons. The second kappa shape index (κ2) is 4.08. The number of nitrogens with two attached hydrogens (primary N) is 1. The second-order valence-corrected chi connectivity index (χ2v) is 2.36. The van der Waals surface area contributed by atoms with Gasteiger partial charge in [-0.2, -0.15) is 0 Å². The first kappa shape index (κ1) is 9.02. The zero-order chi connectivity index (χ0) is 8.97. The number of methoxy groups -OCH3 is 1. The van der Waals surface area contributed by atoms with E-state index in [1.807, 2.05) is 0 Å². The summed E-state index contributed by atoms with van der Waals surface area (Å²) in [5, 5.41) is 12.9. The number of rotatable bonds is 4. The monoisotopic (exact) mass is 172 g/mol. The van der Waals surface area contributed by atoms with Crippen molar-refractivity contribution in [1.82, 2.24) is 5.16 Å². The van der Waals surface area contributed by atoms with Gasteiger partial charge in [0.05, 0.1) is 7.11 Å². The van der Waals surface area contributed by atoms with Crippen LogP contribution in [0.15, 0.2) is 10.6 Å². The predicted octanol–water partition coefficient (Wildman–Crippen LogP) is 0.0654. The van der Waals surface area contributed by atoms with Gasteiger partial charge in [-0.25, -0.2) is 0 Å². The molecule has 1 rings (SSSR count). The third kappa shape index (κ3) is 1.96. The molecule has 0 bridgehead atoms. The minimum atomic E-state index is -0.689. The molecule has 1 atom stereocenters. The Hall–Kier alpha value is -1.07. The fraction of sp³-hybridized carbons (Fsp3) is 0.571. The molecule has 0 unspecified atom stereocenters. The molecule has 1 aromatic heterocycles. The number of aliphatic hydroxyl groups excluding tert-OH is 1. The van der Waals surface area contributed by atoms with Gasteiger partial charge in [-0.05, 0) is 18.1 Å². The van der Waals surface area contributed by atoms with Crippen LogP contribution in [0.1, 0.15) is 18.3 Å². The largest absolute Gasteiger partial charge is 0.479 e. The molecular formula is C7H12N2O3. The lowest BCUT2D eigenvalue weighted by molar-refractivity contribution is 0.132. The zero-order valence-electron chi connectivity index (χ0n) is 6.86. The smallest absolute Gasteiger partial charge is 0.254 e. The van der Waals surface area contributed by atoms with Crippen LogP contribution in [0.4, 0.5) is 0 Å². The van der Waals surface area contributed by atoms with Gasteiger partial charge in [0.2, 0.25) is 0 Å². The summed E-state index contributed by atoms with van der Waals surface area (Å²) < 4.78 is 9.57. The van der Waals surface area contributed by atoms with Crippen LogP contribution in [0, 0.1) is 0 Å². The van der Waals surface area contributed by atoms with Gasteiger partial charge in [-0.15, -0.1) is 0 Å². The van der Waals surface area contributed by atoms with E-state index >= 15 is 0 Å². The van der Waals surface area contributed by atoms with Crippen molar-refractivity contribution >= 4 is 0 Å². The Labute approximate surface area is 70.1 Å². The molecule has 0 aliphatic rings. The molecule has 12 heavy (non-hydrogen) atoms. The molecule has 0 aliphatic heterocycles. The Kier molecular flexibility index (Phi) is 3.07. The third-order valence-corrected chi connectivity index (χ3v) is 1.48. The highest BCUT2D eigenvalue weighted by Gasteiger charge is 2.12. The van der Waals surface area contributed by atoms with Crippen molar-refractivity contribution in [1.29, 1.82) is 0 Å². The van der Waals surface area contributed by atoms with Gasteiger partial charge in [0.1, 0.15) is 6.10 Å². The summed E-state index contributed by atoms with van der Waals surface area (Å²) in [6, 6.07) is 1.54. The molecular weight excluding hydrogens is 160 g/mol. The average Bonchev–Trinajstić information content (AvgIpc) is 2.52. The first-order chi connectivity index (χ1) is 5.77. The Balaban J connectivity index is 2.61. The van der Waals surface area contributed by atoms with Crippen LogP contribution in [-0.2, 0) is 0 Å². The highest BCUT2D eigenvalue weighted by molar-refractivity contribution is 5.12. The van der Waals surface area contributed by atoms with Crippen molar-refractivity contribution in [2.75, 3.05) is 13.7 Å². The summed E-state index contributed by atoms with van der Waals surface area (Å²) >= 11 is 0.